The Bertz CT molecular complexity index is 332. The van der Waals surface area contributed by atoms with Gasteiger partial charge in [0.05, 0.1) is 12.3 Å². The lowest BCUT2D eigenvalue weighted by molar-refractivity contribution is -0.144. The normalized spacial score (nSPS) is 25.2. The second-order valence-corrected chi connectivity index (χ2v) is 4.31. The average molecular weight is 243 g/mol. The summed E-state index contributed by atoms with van der Waals surface area (Å²) in [5, 5.41) is 14.2. The third-order valence-electron chi connectivity index (χ3n) is 2.87. The molecular formula is C10H17N3O4. The van der Waals surface area contributed by atoms with E-state index in [1.165, 1.54) is 0 Å². The number of amides is 2. The Morgan fingerprint density at radius 2 is 2.12 bits per heavy atom. The van der Waals surface area contributed by atoms with Gasteiger partial charge in [-0.05, 0) is 12.5 Å². The third kappa shape index (κ3) is 3.70. The van der Waals surface area contributed by atoms with E-state index >= 15 is 0 Å². The monoisotopic (exact) mass is 243 g/mol. The van der Waals surface area contributed by atoms with Crippen molar-refractivity contribution in [2.45, 2.75) is 19.4 Å². The predicted octanol–water partition coefficient (Wildman–Crippen LogP) is -1.71. The maximum Gasteiger partial charge on any atom is 0.326 e. The van der Waals surface area contributed by atoms with Crippen molar-refractivity contribution in [3.8, 4) is 0 Å². The Labute approximate surface area is 98.7 Å². The topological polar surface area (TPSA) is 122 Å². The highest BCUT2D eigenvalue weighted by Crippen LogP contribution is 2.16. The third-order valence-corrected chi connectivity index (χ3v) is 2.87. The maximum atomic E-state index is 11.8. The lowest BCUT2D eigenvalue weighted by Gasteiger charge is -2.18. The molecule has 1 heterocycles. The lowest BCUT2D eigenvalue weighted by Crippen LogP contribution is -2.46. The molecular weight excluding hydrogens is 226 g/mol. The molecule has 1 aliphatic rings. The first-order chi connectivity index (χ1) is 7.91. The number of aliphatic carboxylic acids is 1. The zero-order valence-electron chi connectivity index (χ0n) is 9.60. The van der Waals surface area contributed by atoms with Crippen LogP contribution in [-0.4, -0.2) is 42.0 Å². The van der Waals surface area contributed by atoms with Crippen molar-refractivity contribution in [3.05, 3.63) is 0 Å². The van der Waals surface area contributed by atoms with E-state index in [1.54, 1.807) is 0 Å². The molecule has 0 spiro atoms. The zero-order valence-corrected chi connectivity index (χ0v) is 9.60. The molecule has 3 atom stereocenters. The molecule has 7 heteroatoms. The van der Waals surface area contributed by atoms with E-state index in [0.29, 0.717) is 6.54 Å². The summed E-state index contributed by atoms with van der Waals surface area (Å²) in [5.41, 5.74) is 4.92. The smallest absolute Gasteiger partial charge is 0.326 e. The fourth-order valence-corrected chi connectivity index (χ4v) is 1.84. The molecule has 1 aliphatic heterocycles. The van der Waals surface area contributed by atoms with Gasteiger partial charge in [0.2, 0.25) is 11.8 Å². The molecule has 7 nitrogen and oxygen atoms in total. The number of carboxylic acid groups (broad SMARTS) is 1. The van der Waals surface area contributed by atoms with E-state index in [0.717, 1.165) is 6.54 Å². The summed E-state index contributed by atoms with van der Waals surface area (Å²) in [7, 11) is 0. The van der Waals surface area contributed by atoms with Crippen molar-refractivity contribution in [1.82, 2.24) is 10.6 Å². The summed E-state index contributed by atoms with van der Waals surface area (Å²) in [6, 6.07) is -1.24. The largest absolute Gasteiger partial charge is 0.480 e. The highest BCUT2D eigenvalue weighted by atomic mass is 16.4. The Balaban J connectivity index is 2.57. The predicted molar refractivity (Wildman–Crippen MR) is 58.9 cm³/mol. The average Bonchev–Trinajstić information content (AvgIpc) is 2.62. The summed E-state index contributed by atoms with van der Waals surface area (Å²) in [6.45, 7) is 3.16. The fourth-order valence-electron chi connectivity index (χ4n) is 1.84. The van der Waals surface area contributed by atoms with Crippen molar-refractivity contribution in [3.63, 3.8) is 0 Å². The van der Waals surface area contributed by atoms with Crippen molar-refractivity contribution < 1.29 is 19.5 Å². The van der Waals surface area contributed by atoms with Crippen LogP contribution in [0.5, 0.6) is 0 Å². The van der Waals surface area contributed by atoms with Gasteiger partial charge in [-0.2, -0.15) is 0 Å². The van der Waals surface area contributed by atoms with E-state index < -0.39 is 24.3 Å². The number of rotatable bonds is 5. The Morgan fingerprint density at radius 1 is 1.47 bits per heavy atom. The molecule has 1 saturated heterocycles. The van der Waals surface area contributed by atoms with Gasteiger partial charge in [-0.25, -0.2) is 4.79 Å². The number of hydrogen-bond acceptors (Lipinski definition) is 4. The number of nitrogens with one attached hydrogen (secondary N) is 2. The Kier molecular flexibility index (Phi) is 4.45. The van der Waals surface area contributed by atoms with Gasteiger partial charge in [-0.1, -0.05) is 6.92 Å². The number of carbonyl (C=O) groups excluding carboxylic acids is 2. The van der Waals surface area contributed by atoms with Gasteiger partial charge in [0.1, 0.15) is 6.04 Å². The molecule has 17 heavy (non-hydrogen) atoms. The lowest BCUT2D eigenvalue weighted by atomic mass is 9.97. The van der Waals surface area contributed by atoms with Crippen LogP contribution in [0.15, 0.2) is 0 Å². The first-order valence-corrected chi connectivity index (χ1v) is 5.44. The molecule has 0 aromatic carbocycles. The number of carboxylic acids is 1. The van der Waals surface area contributed by atoms with Crippen molar-refractivity contribution in [2.75, 3.05) is 13.1 Å². The number of primary amides is 1. The molecule has 5 N–H and O–H groups in total. The standard InChI is InChI=1S/C10H17N3O4/c1-5-3-12-4-6(5)9(15)13-7(10(16)17)2-8(11)14/h5-7,12H,2-4H2,1H3,(H2,11,14)(H,13,15)(H,16,17)/t5-,6-,7+/m1/s1. The van der Waals surface area contributed by atoms with Crippen LogP contribution in [0.1, 0.15) is 13.3 Å². The SMILES string of the molecule is C[C@@H]1CNC[C@H]1C(=O)N[C@@H](CC(N)=O)C(=O)O. The Morgan fingerprint density at radius 3 is 2.53 bits per heavy atom. The van der Waals surface area contributed by atoms with Crippen molar-refractivity contribution in [1.29, 1.82) is 0 Å². The summed E-state index contributed by atoms with van der Waals surface area (Å²) in [5.74, 6) is -2.47. The van der Waals surface area contributed by atoms with Gasteiger partial charge in [0, 0.05) is 6.54 Å². The highest BCUT2D eigenvalue weighted by Gasteiger charge is 2.32. The van der Waals surface area contributed by atoms with Crippen LogP contribution in [0, 0.1) is 11.8 Å². The maximum absolute atomic E-state index is 11.8. The van der Waals surface area contributed by atoms with Crippen LogP contribution >= 0.6 is 0 Å². The van der Waals surface area contributed by atoms with E-state index in [4.69, 9.17) is 10.8 Å². The van der Waals surface area contributed by atoms with Crippen molar-refractivity contribution in [2.24, 2.45) is 17.6 Å². The molecule has 0 aromatic heterocycles. The molecule has 0 radical (unpaired) electrons. The van der Waals surface area contributed by atoms with Crippen LogP contribution in [-0.2, 0) is 14.4 Å². The van der Waals surface area contributed by atoms with Gasteiger partial charge in [-0.15, -0.1) is 0 Å². The molecule has 0 bridgehead atoms. The van der Waals surface area contributed by atoms with E-state index in [2.05, 4.69) is 10.6 Å². The van der Waals surface area contributed by atoms with E-state index in [-0.39, 0.29) is 17.7 Å². The van der Waals surface area contributed by atoms with Gasteiger partial charge in [-0.3, -0.25) is 9.59 Å². The first-order valence-electron chi connectivity index (χ1n) is 5.44. The second-order valence-electron chi connectivity index (χ2n) is 4.31. The van der Waals surface area contributed by atoms with Gasteiger partial charge < -0.3 is 21.5 Å². The quantitative estimate of drug-likeness (QED) is 0.458. The molecule has 0 aromatic rings. The van der Waals surface area contributed by atoms with Crippen LogP contribution in [0.4, 0.5) is 0 Å². The summed E-state index contributed by atoms with van der Waals surface area (Å²) >= 11 is 0. The molecule has 0 saturated carbocycles. The van der Waals surface area contributed by atoms with E-state index in [9.17, 15) is 14.4 Å². The Hall–Kier alpha value is -1.63. The molecule has 0 unspecified atom stereocenters. The minimum Gasteiger partial charge on any atom is -0.480 e. The molecule has 0 aliphatic carbocycles. The van der Waals surface area contributed by atoms with Crippen LogP contribution in [0.25, 0.3) is 0 Å². The number of nitrogens with two attached hydrogens (primary N) is 1. The van der Waals surface area contributed by atoms with Crippen LogP contribution in [0.2, 0.25) is 0 Å². The zero-order chi connectivity index (χ0) is 13.0. The van der Waals surface area contributed by atoms with Gasteiger partial charge in [0.15, 0.2) is 0 Å². The van der Waals surface area contributed by atoms with Gasteiger partial charge in [0.25, 0.3) is 0 Å². The molecule has 2 amide bonds. The van der Waals surface area contributed by atoms with Crippen LogP contribution in [0.3, 0.4) is 0 Å². The van der Waals surface area contributed by atoms with E-state index in [1.807, 2.05) is 6.92 Å². The van der Waals surface area contributed by atoms with Gasteiger partial charge >= 0.3 is 5.97 Å². The summed E-state index contributed by atoms with van der Waals surface area (Å²) in [4.78, 5) is 33.3. The number of hydrogen-bond donors (Lipinski definition) is 4. The minimum atomic E-state index is -1.25. The van der Waals surface area contributed by atoms with Crippen molar-refractivity contribution >= 4 is 17.8 Å². The fraction of sp³-hybridized carbons (Fsp3) is 0.700. The number of carbonyl (C=O) groups is 3. The molecule has 96 valence electrons. The summed E-state index contributed by atoms with van der Waals surface area (Å²) in [6.07, 6.45) is -0.393. The van der Waals surface area contributed by atoms with Crippen LogP contribution < -0.4 is 16.4 Å². The second kappa shape index (κ2) is 5.62. The first kappa shape index (κ1) is 13.4. The summed E-state index contributed by atoms with van der Waals surface area (Å²) < 4.78 is 0. The highest BCUT2D eigenvalue weighted by molar-refractivity contribution is 5.89. The molecule has 1 fully saturated rings. The molecule has 1 rings (SSSR count). The minimum absolute atomic E-state index is 0.151.